The Kier molecular flexibility index (Phi) is 4.82. The van der Waals surface area contributed by atoms with Gasteiger partial charge in [-0.2, -0.15) is 0 Å². The van der Waals surface area contributed by atoms with Crippen LogP contribution in [0.3, 0.4) is 0 Å². The number of amides is 1. The summed E-state index contributed by atoms with van der Waals surface area (Å²) in [5, 5.41) is 3.17. The maximum absolute atomic E-state index is 12.6. The summed E-state index contributed by atoms with van der Waals surface area (Å²) in [6, 6.07) is 8.18. The molecular formula is C19H28N2O. The van der Waals surface area contributed by atoms with Crippen LogP contribution in [-0.4, -0.2) is 30.4 Å². The van der Waals surface area contributed by atoms with Crippen molar-refractivity contribution in [3.05, 3.63) is 29.8 Å². The van der Waals surface area contributed by atoms with Crippen LogP contribution in [0, 0.1) is 11.8 Å². The van der Waals surface area contributed by atoms with E-state index in [-0.39, 0.29) is 11.8 Å². The molecule has 1 aromatic rings. The molecule has 2 aliphatic rings. The highest BCUT2D eigenvalue weighted by molar-refractivity contribution is 5.93. The highest BCUT2D eigenvalue weighted by atomic mass is 16.1. The monoisotopic (exact) mass is 300 g/mol. The first kappa shape index (κ1) is 15.5. The number of likely N-dealkylation sites (tertiary alicyclic amines) is 1. The molecule has 1 saturated heterocycles. The van der Waals surface area contributed by atoms with Crippen LogP contribution in [0.4, 0.5) is 5.69 Å². The van der Waals surface area contributed by atoms with Crippen molar-refractivity contribution in [2.45, 2.75) is 45.4 Å². The molecule has 1 aromatic carbocycles. The van der Waals surface area contributed by atoms with E-state index >= 15 is 0 Å². The lowest BCUT2D eigenvalue weighted by Crippen LogP contribution is -2.39. The van der Waals surface area contributed by atoms with E-state index in [4.69, 9.17) is 0 Å². The van der Waals surface area contributed by atoms with Crippen molar-refractivity contribution in [3.63, 3.8) is 0 Å². The highest BCUT2D eigenvalue weighted by Crippen LogP contribution is 2.31. The SMILES string of the molecule is CC(C)c1ccccc1NC(=O)C1CCN(CC2CC2)CC1. The van der Waals surface area contributed by atoms with Crippen LogP contribution in [0.2, 0.25) is 0 Å². The van der Waals surface area contributed by atoms with Crippen molar-refractivity contribution in [1.82, 2.24) is 4.90 Å². The molecule has 0 atom stereocenters. The van der Waals surface area contributed by atoms with Crippen LogP contribution in [0.25, 0.3) is 0 Å². The smallest absolute Gasteiger partial charge is 0.227 e. The number of hydrogen-bond donors (Lipinski definition) is 1. The molecule has 3 heteroatoms. The van der Waals surface area contributed by atoms with Gasteiger partial charge in [-0.15, -0.1) is 0 Å². The quantitative estimate of drug-likeness (QED) is 0.895. The summed E-state index contributed by atoms with van der Waals surface area (Å²) in [7, 11) is 0. The Bertz CT molecular complexity index is 514. The second kappa shape index (κ2) is 6.82. The van der Waals surface area contributed by atoms with Crippen LogP contribution in [0.1, 0.15) is 51.0 Å². The van der Waals surface area contributed by atoms with Crippen LogP contribution in [-0.2, 0) is 4.79 Å². The van der Waals surface area contributed by atoms with Gasteiger partial charge in [0.15, 0.2) is 0 Å². The van der Waals surface area contributed by atoms with E-state index in [1.54, 1.807) is 0 Å². The molecule has 1 amide bonds. The minimum Gasteiger partial charge on any atom is -0.326 e. The number of carbonyl (C=O) groups excluding carboxylic acids is 1. The first-order valence-electron chi connectivity index (χ1n) is 8.75. The molecule has 0 unspecified atom stereocenters. The van der Waals surface area contributed by atoms with Gasteiger partial charge in [-0.1, -0.05) is 32.0 Å². The van der Waals surface area contributed by atoms with Gasteiger partial charge in [0.1, 0.15) is 0 Å². The molecule has 0 aromatic heterocycles. The Balaban J connectivity index is 1.54. The third kappa shape index (κ3) is 3.89. The highest BCUT2D eigenvalue weighted by Gasteiger charge is 2.29. The second-order valence-corrected chi connectivity index (χ2v) is 7.25. The molecule has 0 bridgehead atoms. The lowest BCUT2D eigenvalue weighted by molar-refractivity contribution is -0.121. The minimum atomic E-state index is 0.177. The number of nitrogens with zero attached hydrogens (tertiary/aromatic N) is 1. The standard InChI is InChI=1S/C19H28N2O/c1-14(2)17-5-3-4-6-18(17)20-19(22)16-9-11-21(12-10-16)13-15-7-8-15/h3-6,14-16H,7-13H2,1-2H3,(H,20,22). The fourth-order valence-corrected chi connectivity index (χ4v) is 3.39. The molecule has 1 heterocycles. The lowest BCUT2D eigenvalue weighted by Gasteiger charge is -2.31. The van der Waals surface area contributed by atoms with E-state index in [2.05, 4.69) is 30.1 Å². The van der Waals surface area contributed by atoms with E-state index in [0.717, 1.165) is 37.5 Å². The number of carbonyl (C=O) groups is 1. The Labute approximate surface area is 134 Å². The Morgan fingerprint density at radius 2 is 1.86 bits per heavy atom. The number of para-hydroxylation sites is 1. The maximum atomic E-state index is 12.6. The van der Waals surface area contributed by atoms with Crippen molar-refractivity contribution in [3.8, 4) is 0 Å². The average Bonchev–Trinajstić information content (AvgIpc) is 3.32. The van der Waals surface area contributed by atoms with Gasteiger partial charge in [0.05, 0.1) is 0 Å². The normalized spacial score (nSPS) is 20.3. The molecule has 3 nitrogen and oxygen atoms in total. The maximum Gasteiger partial charge on any atom is 0.227 e. The molecule has 2 fully saturated rings. The number of rotatable bonds is 5. The zero-order valence-corrected chi connectivity index (χ0v) is 13.8. The van der Waals surface area contributed by atoms with Gasteiger partial charge < -0.3 is 10.2 Å². The summed E-state index contributed by atoms with van der Waals surface area (Å²) >= 11 is 0. The summed E-state index contributed by atoms with van der Waals surface area (Å²) in [5.74, 6) is 1.76. The predicted molar refractivity (Wildman–Crippen MR) is 91.0 cm³/mol. The van der Waals surface area contributed by atoms with Crippen LogP contribution < -0.4 is 5.32 Å². The minimum absolute atomic E-state index is 0.177. The van der Waals surface area contributed by atoms with Crippen molar-refractivity contribution in [2.75, 3.05) is 25.0 Å². The molecule has 1 aliphatic carbocycles. The molecule has 1 aliphatic heterocycles. The van der Waals surface area contributed by atoms with Crippen molar-refractivity contribution in [2.24, 2.45) is 11.8 Å². The zero-order valence-electron chi connectivity index (χ0n) is 13.8. The van der Waals surface area contributed by atoms with E-state index in [1.165, 1.54) is 24.9 Å². The summed E-state index contributed by atoms with van der Waals surface area (Å²) in [6.45, 7) is 7.76. The first-order valence-corrected chi connectivity index (χ1v) is 8.75. The van der Waals surface area contributed by atoms with E-state index in [0.29, 0.717) is 5.92 Å². The average molecular weight is 300 g/mol. The van der Waals surface area contributed by atoms with Crippen molar-refractivity contribution in [1.29, 1.82) is 0 Å². The number of hydrogen-bond acceptors (Lipinski definition) is 2. The van der Waals surface area contributed by atoms with E-state index < -0.39 is 0 Å². The Morgan fingerprint density at radius 3 is 2.50 bits per heavy atom. The molecule has 0 spiro atoms. The zero-order chi connectivity index (χ0) is 15.5. The topological polar surface area (TPSA) is 32.3 Å². The van der Waals surface area contributed by atoms with Gasteiger partial charge in [-0.05, 0) is 62.2 Å². The Morgan fingerprint density at radius 1 is 1.18 bits per heavy atom. The molecule has 0 radical (unpaired) electrons. The van der Waals surface area contributed by atoms with Crippen molar-refractivity contribution < 1.29 is 4.79 Å². The molecule has 3 rings (SSSR count). The van der Waals surface area contributed by atoms with Crippen LogP contribution >= 0.6 is 0 Å². The predicted octanol–water partition coefficient (Wildman–Crippen LogP) is 3.87. The fourth-order valence-electron chi connectivity index (χ4n) is 3.39. The summed E-state index contributed by atoms with van der Waals surface area (Å²) < 4.78 is 0. The van der Waals surface area contributed by atoms with Crippen LogP contribution in [0.5, 0.6) is 0 Å². The number of nitrogens with one attached hydrogen (secondary N) is 1. The summed E-state index contributed by atoms with van der Waals surface area (Å²) in [6.07, 6.45) is 4.82. The molecule has 1 N–H and O–H groups in total. The van der Waals surface area contributed by atoms with Crippen LogP contribution in [0.15, 0.2) is 24.3 Å². The fraction of sp³-hybridized carbons (Fsp3) is 0.632. The second-order valence-electron chi connectivity index (χ2n) is 7.25. The van der Waals surface area contributed by atoms with Gasteiger partial charge in [0.2, 0.25) is 5.91 Å². The number of anilines is 1. The van der Waals surface area contributed by atoms with Gasteiger partial charge in [0.25, 0.3) is 0 Å². The van der Waals surface area contributed by atoms with E-state index in [1.807, 2.05) is 18.2 Å². The van der Waals surface area contributed by atoms with Gasteiger partial charge in [-0.25, -0.2) is 0 Å². The molecule has 22 heavy (non-hydrogen) atoms. The Hall–Kier alpha value is -1.35. The number of piperidine rings is 1. The largest absolute Gasteiger partial charge is 0.326 e. The third-order valence-electron chi connectivity index (χ3n) is 5.01. The van der Waals surface area contributed by atoms with Gasteiger partial charge in [-0.3, -0.25) is 4.79 Å². The van der Waals surface area contributed by atoms with Gasteiger partial charge in [0, 0.05) is 18.2 Å². The molecule has 120 valence electrons. The lowest BCUT2D eigenvalue weighted by atomic mass is 9.95. The summed E-state index contributed by atoms with van der Waals surface area (Å²) in [5.41, 5.74) is 2.21. The number of benzene rings is 1. The molecular weight excluding hydrogens is 272 g/mol. The van der Waals surface area contributed by atoms with Gasteiger partial charge >= 0.3 is 0 Å². The molecule has 1 saturated carbocycles. The summed E-state index contributed by atoms with van der Waals surface area (Å²) in [4.78, 5) is 15.1. The van der Waals surface area contributed by atoms with E-state index in [9.17, 15) is 4.79 Å². The third-order valence-corrected chi connectivity index (χ3v) is 5.01. The van der Waals surface area contributed by atoms with Crippen molar-refractivity contribution >= 4 is 11.6 Å². The first-order chi connectivity index (χ1) is 10.6.